The predicted octanol–water partition coefficient (Wildman–Crippen LogP) is 4.93. The second-order valence-corrected chi connectivity index (χ2v) is 6.97. The molecule has 6 nitrogen and oxygen atoms in total. The van der Waals surface area contributed by atoms with Crippen LogP contribution in [0.5, 0.6) is 17.2 Å². The summed E-state index contributed by atoms with van der Waals surface area (Å²) in [5.74, 6) is 3.04. The molecule has 0 saturated carbocycles. The van der Waals surface area contributed by atoms with Gasteiger partial charge in [-0.3, -0.25) is 0 Å². The van der Waals surface area contributed by atoms with Crippen molar-refractivity contribution >= 4 is 5.71 Å². The van der Waals surface area contributed by atoms with Gasteiger partial charge in [0.15, 0.2) is 17.3 Å². The number of fused-ring (bicyclic) bond motifs is 3. The molecular weight excluding hydrogens is 368 g/mol. The van der Waals surface area contributed by atoms with Crippen molar-refractivity contribution in [3.05, 3.63) is 77.7 Å². The predicted molar refractivity (Wildman–Crippen MR) is 108 cm³/mol. The number of benzene rings is 2. The van der Waals surface area contributed by atoms with Crippen molar-refractivity contribution in [2.75, 3.05) is 13.7 Å². The van der Waals surface area contributed by atoms with Crippen molar-refractivity contribution in [1.82, 2.24) is 5.01 Å². The first-order valence-electron chi connectivity index (χ1n) is 9.74. The molecule has 5 rings (SSSR count). The van der Waals surface area contributed by atoms with Gasteiger partial charge in [0.2, 0.25) is 6.23 Å². The molecule has 0 spiro atoms. The minimum atomic E-state index is -0.445. The van der Waals surface area contributed by atoms with Crippen molar-refractivity contribution in [1.29, 1.82) is 0 Å². The largest absolute Gasteiger partial charge is 0.494 e. The number of ether oxygens (including phenoxy) is 3. The third-order valence-electron chi connectivity index (χ3n) is 5.29. The number of para-hydroxylation sites is 1. The Kier molecular flexibility index (Phi) is 4.39. The molecule has 2 aliphatic heterocycles. The lowest BCUT2D eigenvalue weighted by atomic mass is 9.96. The van der Waals surface area contributed by atoms with E-state index >= 15 is 0 Å². The quantitative estimate of drug-likeness (QED) is 0.618. The van der Waals surface area contributed by atoms with E-state index in [4.69, 9.17) is 23.7 Å². The molecule has 29 heavy (non-hydrogen) atoms. The molecule has 0 fully saturated rings. The van der Waals surface area contributed by atoms with Gasteiger partial charge in [0.05, 0.1) is 31.7 Å². The SMILES string of the molecule is CCOc1ccc(C2=NN3[C@@H](C2)c2cccc(OC)c2O[C@H]3c2ccco2)cc1. The first-order chi connectivity index (χ1) is 14.3. The molecule has 3 aromatic rings. The molecule has 0 N–H and O–H groups in total. The monoisotopic (exact) mass is 390 g/mol. The molecule has 2 aromatic carbocycles. The summed E-state index contributed by atoms with van der Waals surface area (Å²) in [6.07, 6.45) is 1.98. The van der Waals surface area contributed by atoms with E-state index in [0.717, 1.165) is 34.8 Å². The number of rotatable bonds is 5. The Morgan fingerprint density at radius 1 is 1.10 bits per heavy atom. The minimum Gasteiger partial charge on any atom is -0.494 e. The van der Waals surface area contributed by atoms with E-state index < -0.39 is 6.23 Å². The second-order valence-electron chi connectivity index (χ2n) is 6.97. The summed E-state index contributed by atoms with van der Waals surface area (Å²) in [4.78, 5) is 0. The van der Waals surface area contributed by atoms with Crippen LogP contribution >= 0.6 is 0 Å². The summed E-state index contributed by atoms with van der Waals surface area (Å²) in [7, 11) is 1.66. The highest BCUT2D eigenvalue weighted by molar-refractivity contribution is 6.02. The van der Waals surface area contributed by atoms with E-state index in [-0.39, 0.29) is 6.04 Å². The second kappa shape index (κ2) is 7.20. The fourth-order valence-electron chi connectivity index (χ4n) is 3.95. The Hall–Kier alpha value is -3.41. The fourth-order valence-corrected chi connectivity index (χ4v) is 3.95. The lowest BCUT2D eigenvalue weighted by molar-refractivity contribution is -0.0342. The molecule has 0 bridgehead atoms. The van der Waals surface area contributed by atoms with E-state index in [9.17, 15) is 0 Å². The van der Waals surface area contributed by atoms with Crippen LogP contribution in [0, 0.1) is 0 Å². The molecular formula is C23H22N2O4. The van der Waals surface area contributed by atoms with E-state index in [1.807, 2.05) is 48.3 Å². The molecule has 0 amide bonds. The van der Waals surface area contributed by atoms with E-state index in [2.05, 4.69) is 18.2 Å². The molecule has 0 unspecified atom stereocenters. The zero-order valence-corrected chi connectivity index (χ0v) is 16.4. The zero-order chi connectivity index (χ0) is 19.8. The molecule has 2 atom stereocenters. The van der Waals surface area contributed by atoms with Gasteiger partial charge in [0.25, 0.3) is 0 Å². The molecule has 6 heteroatoms. The van der Waals surface area contributed by atoms with Crippen LogP contribution in [0.1, 0.15) is 42.5 Å². The molecule has 0 saturated heterocycles. The number of hydrazone groups is 1. The van der Waals surface area contributed by atoms with E-state index in [1.54, 1.807) is 13.4 Å². The number of hydrogen-bond acceptors (Lipinski definition) is 6. The topological polar surface area (TPSA) is 56.4 Å². The Balaban J connectivity index is 1.54. The van der Waals surface area contributed by atoms with Crippen LogP contribution in [0.3, 0.4) is 0 Å². The van der Waals surface area contributed by atoms with Crippen LogP contribution in [-0.4, -0.2) is 24.4 Å². The first-order valence-corrected chi connectivity index (χ1v) is 9.74. The van der Waals surface area contributed by atoms with Crippen LogP contribution in [0.2, 0.25) is 0 Å². The maximum absolute atomic E-state index is 6.33. The summed E-state index contributed by atoms with van der Waals surface area (Å²) in [6, 6.07) is 17.9. The zero-order valence-electron chi connectivity index (χ0n) is 16.4. The molecule has 3 heterocycles. The van der Waals surface area contributed by atoms with Crippen molar-refractivity contribution in [2.24, 2.45) is 5.10 Å². The lowest BCUT2D eigenvalue weighted by Gasteiger charge is -2.37. The third-order valence-corrected chi connectivity index (χ3v) is 5.29. The third kappa shape index (κ3) is 3.01. The lowest BCUT2D eigenvalue weighted by Crippen LogP contribution is -2.33. The number of methoxy groups -OCH3 is 1. The van der Waals surface area contributed by atoms with Crippen molar-refractivity contribution < 1.29 is 18.6 Å². The highest BCUT2D eigenvalue weighted by Crippen LogP contribution is 2.50. The van der Waals surface area contributed by atoms with Gasteiger partial charge in [0, 0.05) is 12.0 Å². The van der Waals surface area contributed by atoms with Crippen molar-refractivity contribution in [3.63, 3.8) is 0 Å². The van der Waals surface area contributed by atoms with E-state index in [1.165, 1.54) is 0 Å². The molecule has 148 valence electrons. The maximum Gasteiger partial charge on any atom is 0.246 e. The van der Waals surface area contributed by atoms with Gasteiger partial charge < -0.3 is 18.6 Å². The van der Waals surface area contributed by atoms with Gasteiger partial charge in [-0.2, -0.15) is 5.10 Å². The maximum atomic E-state index is 6.33. The standard InChI is InChI=1S/C23H22N2O4/c1-3-27-16-11-9-15(10-12-16)18-14-19-17-6-4-7-20(26-2)22(17)29-23(25(19)24-18)21-8-5-13-28-21/h4-13,19,23H,3,14H2,1-2H3/t19-,23-/m0/s1. The Labute approximate surface area is 169 Å². The summed E-state index contributed by atoms with van der Waals surface area (Å²) in [5.41, 5.74) is 3.15. The minimum absolute atomic E-state index is 0.0468. The van der Waals surface area contributed by atoms with Crippen LogP contribution in [0.25, 0.3) is 0 Å². The first kappa shape index (κ1) is 17.7. The summed E-state index contributed by atoms with van der Waals surface area (Å²) in [5, 5.41) is 6.92. The Morgan fingerprint density at radius 2 is 1.97 bits per heavy atom. The van der Waals surface area contributed by atoms with E-state index in [0.29, 0.717) is 18.1 Å². The van der Waals surface area contributed by atoms with Gasteiger partial charge >= 0.3 is 0 Å². The average molecular weight is 390 g/mol. The summed E-state index contributed by atoms with van der Waals surface area (Å²) in [6.45, 7) is 2.63. The van der Waals surface area contributed by atoms with Crippen LogP contribution < -0.4 is 14.2 Å². The number of hydrogen-bond donors (Lipinski definition) is 0. The highest BCUT2D eigenvalue weighted by atomic mass is 16.5. The van der Waals surface area contributed by atoms with Gasteiger partial charge in [-0.15, -0.1) is 0 Å². The molecule has 0 aliphatic carbocycles. The van der Waals surface area contributed by atoms with Crippen LogP contribution in [0.4, 0.5) is 0 Å². The molecule has 0 radical (unpaired) electrons. The van der Waals surface area contributed by atoms with Crippen LogP contribution in [0.15, 0.2) is 70.4 Å². The number of furan rings is 1. The Bertz CT molecular complexity index is 1030. The van der Waals surface area contributed by atoms with Gasteiger partial charge in [0.1, 0.15) is 5.75 Å². The van der Waals surface area contributed by atoms with Gasteiger partial charge in [-0.05, 0) is 55.0 Å². The normalized spacial score (nSPS) is 19.8. The Morgan fingerprint density at radius 3 is 2.69 bits per heavy atom. The smallest absolute Gasteiger partial charge is 0.246 e. The van der Waals surface area contributed by atoms with Crippen molar-refractivity contribution in [3.8, 4) is 17.2 Å². The fraction of sp³-hybridized carbons (Fsp3) is 0.261. The molecule has 2 aliphatic rings. The highest BCUT2D eigenvalue weighted by Gasteiger charge is 2.43. The van der Waals surface area contributed by atoms with Gasteiger partial charge in [-0.1, -0.05) is 12.1 Å². The summed E-state index contributed by atoms with van der Waals surface area (Å²) >= 11 is 0. The summed E-state index contributed by atoms with van der Waals surface area (Å²) < 4.78 is 23.1. The van der Waals surface area contributed by atoms with Crippen molar-refractivity contribution in [2.45, 2.75) is 25.6 Å². The average Bonchev–Trinajstić information content (AvgIpc) is 3.44. The molecule has 1 aromatic heterocycles. The van der Waals surface area contributed by atoms with Gasteiger partial charge in [-0.25, -0.2) is 5.01 Å². The number of nitrogens with zero attached hydrogens (tertiary/aromatic N) is 2. The van der Waals surface area contributed by atoms with Crippen LogP contribution in [-0.2, 0) is 0 Å².